The molecular weight excluding hydrogens is 234 g/mol. The predicted molar refractivity (Wildman–Crippen MR) is 78.1 cm³/mol. The molecule has 0 aromatic carbocycles. The molecule has 0 spiro atoms. The largest absolute Gasteiger partial charge is 0.305 e. The van der Waals surface area contributed by atoms with E-state index in [1.165, 1.54) is 11.1 Å². The Labute approximate surface area is 115 Å². The molecule has 0 amide bonds. The summed E-state index contributed by atoms with van der Waals surface area (Å²) in [4.78, 5) is 8.94. The Hall–Kier alpha value is -1.74. The van der Waals surface area contributed by atoms with Crippen LogP contribution in [0.5, 0.6) is 0 Å². The molecule has 2 aromatic rings. The number of rotatable bonds is 5. The minimum Gasteiger partial charge on any atom is -0.305 e. The lowest BCUT2D eigenvalue weighted by Gasteiger charge is -2.19. The molecule has 0 bridgehead atoms. The maximum absolute atomic E-state index is 4.64. The van der Waals surface area contributed by atoms with Crippen LogP contribution < -0.4 is 5.32 Å². The number of hydrogen-bond acceptors (Lipinski definition) is 3. The number of hydrogen-bond donors (Lipinski definition) is 1. The van der Waals surface area contributed by atoms with E-state index in [-0.39, 0.29) is 6.04 Å². The van der Waals surface area contributed by atoms with Gasteiger partial charge in [-0.2, -0.15) is 0 Å². The summed E-state index contributed by atoms with van der Waals surface area (Å²) in [6.07, 6.45) is 4.90. The molecule has 0 saturated carbocycles. The first-order chi connectivity index (χ1) is 9.20. The molecule has 3 heteroatoms. The highest BCUT2D eigenvalue weighted by atomic mass is 14.9. The van der Waals surface area contributed by atoms with Crippen LogP contribution in [-0.4, -0.2) is 16.5 Å². The normalized spacial score (nSPS) is 12.4. The highest BCUT2D eigenvalue weighted by molar-refractivity contribution is 5.28. The van der Waals surface area contributed by atoms with Crippen molar-refractivity contribution in [2.45, 2.75) is 33.2 Å². The molecule has 2 heterocycles. The molecule has 0 fully saturated rings. The van der Waals surface area contributed by atoms with Crippen molar-refractivity contribution in [1.29, 1.82) is 0 Å². The number of aromatic nitrogens is 2. The van der Waals surface area contributed by atoms with Crippen molar-refractivity contribution in [3.05, 3.63) is 59.2 Å². The van der Waals surface area contributed by atoms with Gasteiger partial charge in [-0.05, 0) is 50.1 Å². The quantitative estimate of drug-likeness (QED) is 0.891. The molecule has 0 aliphatic heterocycles. The zero-order valence-corrected chi connectivity index (χ0v) is 11.9. The molecule has 1 atom stereocenters. The molecule has 2 rings (SSSR count). The topological polar surface area (TPSA) is 37.8 Å². The van der Waals surface area contributed by atoms with Gasteiger partial charge in [-0.1, -0.05) is 19.1 Å². The van der Waals surface area contributed by atoms with E-state index in [0.29, 0.717) is 0 Å². The van der Waals surface area contributed by atoms with Crippen molar-refractivity contribution in [3.8, 4) is 0 Å². The van der Waals surface area contributed by atoms with Gasteiger partial charge in [0.05, 0.1) is 11.7 Å². The van der Waals surface area contributed by atoms with E-state index in [4.69, 9.17) is 0 Å². The molecule has 0 aliphatic rings. The van der Waals surface area contributed by atoms with Crippen LogP contribution in [0.4, 0.5) is 0 Å². The summed E-state index contributed by atoms with van der Waals surface area (Å²) >= 11 is 0. The van der Waals surface area contributed by atoms with Gasteiger partial charge in [0.15, 0.2) is 0 Å². The van der Waals surface area contributed by atoms with Gasteiger partial charge in [-0.3, -0.25) is 9.97 Å². The average Bonchev–Trinajstić information content (AvgIpc) is 2.39. The Morgan fingerprint density at radius 1 is 1.21 bits per heavy atom. The Bertz CT molecular complexity index is 492. The van der Waals surface area contributed by atoms with Gasteiger partial charge in [0.25, 0.3) is 0 Å². The fraction of sp³-hybridized carbons (Fsp3) is 0.375. The second-order valence-corrected chi connectivity index (χ2v) is 4.89. The summed E-state index contributed by atoms with van der Waals surface area (Å²) in [5.74, 6) is 0. The zero-order valence-electron chi connectivity index (χ0n) is 11.9. The van der Waals surface area contributed by atoms with Crippen molar-refractivity contribution >= 4 is 0 Å². The molecule has 19 heavy (non-hydrogen) atoms. The van der Waals surface area contributed by atoms with Crippen LogP contribution in [0.15, 0.2) is 36.7 Å². The Morgan fingerprint density at radius 3 is 2.74 bits per heavy atom. The van der Waals surface area contributed by atoms with Gasteiger partial charge < -0.3 is 5.32 Å². The average molecular weight is 255 g/mol. The fourth-order valence-corrected chi connectivity index (χ4v) is 2.14. The molecule has 2 aromatic heterocycles. The molecule has 0 saturated heterocycles. The van der Waals surface area contributed by atoms with Crippen molar-refractivity contribution in [1.82, 2.24) is 15.3 Å². The van der Waals surface area contributed by atoms with E-state index in [1.807, 2.05) is 25.4 Å². The summed E-state index contributed by atoms with van der Waals surface area (Å²) in [5, 5.41) is 3.55. The Kier molecular flexibility index (Phi) is 4.63. The van der Waals surface area contributed by atoms with Gasteiger partial charge in [0, 0.05) is 18.1 Å². The highest BCUT2D eigenvalue weighted by Crippen LogP contribution is 2.20. The fourth-order valence-electron chi connectivity index (χ4n) is 2.14. The zero-order chi connectivity index (χ0) is 13.7. The van der Waals surface area contributed by atoms with Crippen molar-refractivity contribution < 1.29 is 0 Å². The predicted octanol–water partition coefficient (Wildman–Crippen LogP) is 3.18. The second-order valence-electron chi connectivity index (χ2n) is 4.89. The third-order valence-corrected chi connectivity index (χ3v) is 3.03. The summed E-state index contributed by atoms with van der Waals surface area (Å²) in [6, 6.07) is 8.44. The molecule has 3 nitrogen and oxygen atoms in total. The third kappa shape index (κ3) is 3.61. The van der Waals surface area contributed by atoms with Crippen LogP contribution >= 0.6 is 0 Å². The first kappa shape index (κ1) is 13.7. The smallest absolute Gasteiger partial charge is 0.0766 e. The lowest BCUT2D eigenvalue weighted by Crippen LogP contribution is -2.24. The maximum atomic E-state index is 4.64. The lowest BCUT2D eigenvalue weighted by molar-refractivity contribution is 0.583. The molecule has 100 valence electrons. The minimum absolute atomic E-state index is 0.118. The Morgan fingerprint density at radius 2 is 2.05 bits per heavy atom. The van der Waals surface area contributed by atoms with E-state index in [0.717, 1.165) is 24.4 Å². The van der Waals surface area contributed by atoms with Gasteiger partial charge in [0.2, 0.25) is 0 Å². The van der Waals surface area contributed by atoms with Gasteiger partial charge >= 0.3 is 0 Å². The monoisotopic (exact) mass is 255 g/mol. The van der Waals surface area contributed by atoms with E-state index in [2.05, 4.69) is 47.3 Å². The Balaban J connectivity index is 2.35. The van der Waals surface area contributed by atoms with Crippen LogP contribution in [0.2, 0.25) is 0 Å². The van der Waals surface area contributed by atoms with Gasteiger partial charge in [-0.25, -0.2) is 0 Å². The lowest BCUT2D eigenvalue weighted by atomic mass is 10.0. The minimum atomic E-state index is 0.118. The summed E-state index contributed by atoms with van der Waals surface area (Å²) in [5.41, 5.74) is 4.45. The number of pyridine rings is 2. The summed E-state index contributed by atoms with van der Waals surface area (Å²) < 4.78 is 0. The highest BCUT2D eigenvalue weighted by Gasteiger charge is 2.15. The van der Waals surface area contributed by atoms with Gasteiger partial charge in [-0.15, -0.1) is 0 Å². The second kappa shape index (κ2) is 6.43. The van der Waals surface area contributed by atoms with Crippen LogP contribution in [0.1, 0.15) is 41.9 Å². The molecule has 1 N–H and O–H groups in total. The maximum Gasteiger partial charge on any atom is 0.0766 e. The van der Waals surface area contributed by atoms with Crippen LogP contribution in [-0.2, 0) is 0 Å². The van der Waals surface area contributed by atoms with Crippen molar-refractivity contribution in [2.75, 3.05) is 6.54 Å². The summed E-state index contributed by atoms with van der Waals surface area (Å²) in [6.45, 7) is 7.22. The van der Waals surface area contributed by atoms with E-state index >= 15 is 0 Å². The van der Waals surface area contributed by atoms with E-state index in [1.54, 1.807) is 0 Å². The van der Waals surface area contributed by atoms with E-state index in [9.17, 15) is 0 Å². The van der Waals surface area contributed by atoms with E-state index < -0.39 is 0 Å². The molecule has 0 radical (unpaired) electrons. The van der Waals surface area contributed by atoms with Crippen molar-refractivity contribution in [3.63, 3.8) is 0 Å². The van der Waals surface area contributed by atoms with Crippen LogP contribution in [0, 0.1) is 13.8 Å². The number of aryl methyl sites for hydroxylation is 2. The standard InChI is InChI=1S/C16H21N3/c1-4-8-18-16(14-9-12(2)10-17-11-14)15-7-5-6-13(3)19-15/h5-7,9-11,16,18H,4,8H2,1-3H3. The van der Waals surface area contributed by atoms with Crippen molar-refractivity contribution in [2.24, 2.45) is 0 Å². The van der Waals surface area contributed by atoms with Crippen LogP contribution in [0.3, 0.4) is 0 Å². The summed E-state index contributed by atoms with van der Waals surface area (Å²) in [7, 11) is 0. The SMILES string of the molecule is CCCNC(c1cncc(C)c1)c1cccc(C)n1. The third-order valence-electron chi connectivity index (χ3n) is 3.03. The van der Waals surface area contributed by atoms with Gasteiger partial charge in [0.1, 0.15) is 0 Å². The molecule has 1 unspecified atom stereocenters. The number of nitrogens with one attached hydrogen (secondary N) is 1. The first-order valence-corrected chi connectivity index (χ1v) is 6.79. The first-order valence-electron chi connectivity index (χ1n) is 6.79. The van der Waals surface area contributed by atoms with Crippen LogP contribution in [0.25, 0.3) is 0 Å². The number of nitrogens with zero attached hydrogens (tertiary/aromatic N) is 2. The molecule has 0 aliphatic carbocycles. The molecular formula is C16H21N3.